The molecule has 0 aromatic heterocycles. The third kappa shape index (κ3) is 4.87. The van der Waals surface area contributed by atoms with E-state index in [0.29, 0.717) is 5.56 Å². The quantitative estimate of drug-likeness (QED) is 0.426. The Morgan fingerprint density at radius 3 is 2.08 bits per heavy atom. The van der Waals surface area contributed by atoms with Crippen LogP contribution in [0, 0.1) is 0 Å². The Hall–Kier alpha value is 0.100. The first-order valence-corrected chi connectivity index (χ1v) is 4.59. The van der Waals surface area contributed by atoms with Gasteiger partial charge in [0.05, 0.1) is 0 Å². The van der Waals surface area contributed by atoms with Crippen LogP contribution < -0.4 is 29.6 Å². The summed E-state index contributed by atoms with van der Waals surface area (Å²) >= 11 is 0. The van der Waals surface area contributed by atoms with E-state index in [1.165, 1.54) is 0 Å². The molecule has 0 bridgehead atoms. The maximum atomic E-state index is 12.0. The summed E-state index contributed by atoms with van der Waals surface area (Å²) in [7, 11) is -4.38. The SMILES string of the molecule is O=S(=O)(F)Cc1ccccc1.[Na+]. The minimum absolute atomic E-state index is 0. The van der Waals surface area contributed by atoms with E-state index in [1.807, 2.05) is 0 Å². The van der Waals surface area contributed by atoms with Crippen LogP contribution >= 0.6 is 0 Å². The molecular formula is C7H7FNaO2S+. The van der Waals surface area contributed by atoms with Crippen LogP contribution in [0.5, 0.6) is 0 Å². The predicted molar refractivity (Wildman–Crippen MR) is 40.2 cm³/mol. The van der Waals surface area contributed by atoms with Crippen molar-refractivity contribution in [1.29, 1.82) is 0 Å². The van der Waals surface area contributed by atoms with Gasteiger partial charge < -0.3 is 0 Å². The molecule has 0 fully saturated rings. The van der Waals surface area contributed by atoms with Gasteiger partial charge in [0, 0.05) is 0 Å². The van der Waals surface area contributed by atoms with Crippen molar-refractivity contribution in [2.24, 2.45) is 0 Å². The molecule has 0 unspecified atom stereocenters. The van der Waals surface area contributed by atoms with Gasteiger partial charge in [-0.05, 0) is 5.56 Å². The molecule has 0 aliphatic carbocycles. The molecule has 0 N–H and O–H groups in total. The molecule has 0 aliphatic heterocycles. The number of halogens is 1. The Balaban J connectivity index is 0.00000121. The Morgan fingerprint density at radius 1 is 1.17 bits per heavy atom. The normalized spacial score (nSPS) is 10.4. The van der Waals surface area contributed by atoms with Gasteiger partial charge in [0.1, 0.15) is 5.75 Å². The minimum atomic E-state index is -4.38. The maximum absolute atomic E-state index is 12.0. The Kier molecular flexibility index (Phi) is 5.01. The summed E-state index contributed by atoms with van der Waals surface area (Å²) in [6, 6.07) is 8.21. The van der Waals surface area contributed by atoms with Crippen LogP contribution in [0.1, 0.15) is 5.56 Å². The summed E-state index contributed by atoms with van der Waals surface area (Å²) in [5, 5.41) is 0. The summed E-state index contributed by atoms with van der Waals surface area (Å²) in [6.07, 6.45) is 0. The standard InChI is InChI=1S/C7H7FO2S.Na/c8-11(9,10)6-7-4-2-1-3-5-7;/h1-5H,6H2;/q;+1. The molecule has 0 aliphatic rings. The summed E-state index contributed by atoms with van der Waals surface area (Å²) < 4.78 is 32.3. The first kappa shape index (κ1) is 12.1. The molecule has 0 saturated carbocycles. The summed E-state index contributed by atoms with van der Waals surface area (Å²) in [6.45, 7) is 0. The first-order valence-electron chi connectivity index (χ1n) is 3.04. The molecule has 12 heavy (non-hydrogen) atoms. The van der Waals surface area contributed by atoms with Crippen LogP contribution in [-0.2, 0) is 16.0 Å². The van der Waals surface area contributed by atoms with Gasteiger partial charge in [0.25, 0.3) is 0 Å². The predicted octanol–water partition coefficient (Wildman–Crippen LogP) is -1.51. The van der Waals surface area contributed by atoms with Crippen molar-refractivity contribution in [1.82, 2.24) is 0 Å². The fourth-order valence-electron chi connectivity index (χ4n) is 0.773. The molecule has 0 radical (unpaired) electrons. The first-order chi connectivity index (χ1) is 5.08. The number of hydrogen-bond acceptors (Lipinski definition) is 2. The van der Waals surface area contributed by atoms with E-state index in [-0.39, 0.29) is 29.6 Å². The average molecular weight is 197 g/mol. The smallest absolute Gasteiger partial charge is 0.194 e. The van der Waals surface area contributed by atoms with Gasteiger partial charge in [-0.3, -0.25) is 0 Å². The van der Waals surface area contributed by atoms with Gasteiger partial charge in [0.2, 0.25) is 0 Å². The van der Waals surface area contributed by atoms with Gasteiger partial charge in [0.15, 0.2) is 0 Å². The fraction of sp³-hybridized carbons (Fsp3) is 0.143. The molecule has 0 amide bonds. The minimum Gasteiger partial charge on any atom is -0.194 e. The second kappa shape index (κ2) is 4.97. The molecule has 1 rings (SSSR count). The van der Waals surface area contributed by atoms with E-state index in [2.05, 4.69) is 0 Å². The fourth-order valence-corrected chi connectivity index (χ4v) is 1.36. The monoisotopic (exact) mass is 197 g/mol. The number of hydrogen-bond donors (Lipinski definition) is 0. The summed E-state index contributed by atoms with van der Waals surface area (Å²) in [5.74, 6) is -0.534. The van der Waals surface area contributed by atoms with Crippen LogP contribution in [0.15, 0.2) is 30.3 Å². The molecule has 0 atom stereocenters. The van der Waals surface area contributed by atoms with Crippen LogP contribution in [0.3, 0.4) is 0 Å². The largest absolute Gasteiger partial charge is 1.00 e. The zero-order valence-electron chi connectivity index (χ0n) is 6.70. The third-order valence-corrected chi connectivity index (χ3v) is 1.86. The Bertz CT molecular complexity index is 323. The molecule has 60 valence electrons. The van der Waals surface area contributed by atoms with Crippen molar-refractivity contribution >= 4 is 10.2 Å². The summed E-state index contributed by atoms with van der Waals surface area (Å²) in [4.78, 5) is 0. The molecule has 5 heteroatoms. The van der Waals surface area contributed by atoms with E-state index in [9.17, 15) is 12.3 Å². The van der Waals surface area contributed by atoms with E-state index >= 15 is 0 Å². The molecule has 0 saturated heterocycles. The van der Waals surface area contributed by atoms with Gasteiger partial charge in [-0.15, -0.1) is 3.89 Å². The topological polar surface area (TPSA) is 34.1 Å². The van der Waals surface area contributed by atoms with E-state index in [0.717, 1.165) is 0 Å². The second-order valence-corrected chi connectivity index (χ2v) is 3.54. The van der Waals surface area contributed by atoms with Crippen molar-refractivity contribution in [3.05, 3.63) is 35.9 Å². The van der Waals surface area contributed by atoms with Crippen molar-refractivity contribution in [3.8, 4) is 0 Å². The van der Waals surface area contributed by atoms with Crippen LogP contribution in [-0.4, -0.2) is 8.42 Å². The van der Waals surface area contributed by atoms with Crippen LogP contribution in [0.2, 0.25) is 0 Å². The number of benzene rings is 1. The molecule has 1 aromatic carbocycles. The Labute approximate surface area is 93.3 Å². The van der Waals surface area contributed by atoms with Gasteiger partial charge in [-0.25, -0.2) is 0 Å². The maximum Gasteiger partial charge on any atom is 1.00 e. The van der Waals surface area contributed by atoms with E-state index in [4.69, 9.17) is 0 Å². The second-order valence-electron chi connectivity index (χ2n) is 2.17. The van der Waals surface area contributed by atoms with E-state index in [1.54, 1.807) is 30.3 Å². The molecule has 2 nitrogen and oxygen atoms in total. The molecule has 1 aromatic rings. The van der Waals surface area contributed by atoms with Gasteiger partial charge in [-0.2, -0.15) is 8.42 Å². The van der Waals surface area contributed by atoms with Gasteiger partial charge in [-0.1, -0.05) is 30.3 Å². The molecule has 0 spiro atoms. The zero-order chi connectivity index (χ0) is 8.32. The average Bonchev–Trinajstić information content (AvgIpc) is 1.85. The number of rotatable bonds is 2. The molecule has 0 heterocycles. The van der Waals surface area contributed by atoms with Gasteiger partial charge >= 0.3 is 39.8 Å². The zero-order valence-corrected chi connectivity index (χ0v) is 9.51. The van der Waals surface area contributed by atoms with E-state index < -0.39 is 16.0 Å². The van der Waals surface area contributed by atoms with Crippen molar-refractivity contribution in [3.63, 3.8) is 0 Å². The molecular weight excluding hydrogens is 190 g/mol. The van der Waals surface area contributed by atoms with Crippen LogP contribution in [0.4, 0.5) is 3.89 Å². The van der Waals surface area contributed by atoms with Crippen molar-refractivity contribution in [2.75, 3.05) is 0 Å². The third-order valence-electron chi connectivity index (χ3n) is 1.18. The van der Waals surface area contributed by atoms with Crippen molar-refractivity contribution in [2.45, 2.75) is 5.75 Å². The van der Waals surface area contributed by atoms with Crippen LogP contribution in [0.25, 0.3) is 0 Å². The van der Waals surface area contributed by atoms with Crippen molar-refractivity contribution < 1.29 is 41.9 Å². The Morgan fingerprint density at radius 2 is 1.67 bits per heavy atom. The summed E-state index contributed by atoms with van der Waals surface area (Å²) in [5.41, 5.74) is 0.468.